The van der Waals surface area contributed by atoms with Crippen LogP contribution in [0.4, 0.5) is 0 Å². The topological polar surface area (TPSA) is 55.6 Å². The molecular weight excluding hydrogens is 362 g/mol. The normalized spacial score (nSPS) is 10.9. The minimum absolute atomic E-state index is 0.0972. The third-order valence-electron chi connectivity index (χ3n) is 4.07. The number of hydrogen-bond donors (Lipinski definition) is 1. The number of aryl methyl sites for hydroxylation is 1. The second-order valence-corrected chi connectivity index (χ2v) is 6.42. The summed E-state index contributed by atoms with van der Waals surface area (Å²) in [7, 11) is 0. The zero-order valence-electron chi connectivity index (χ0n) is 15.1. The lowest BCUT2D eigenvalue weighted by Gasteiger charge is -2.11. The third kappa shape index (κ3) is 4.57. The van der Waals surface area contributed by atoms with Crippen LogP contribution in [0.2, 0.25) is 5.02 Å². The predicted octanol–water partition coefficient (Wildman–Crippen LogP) is 4.28. The van der Waals surface area contributed by atoms with Gasteiger partial charge in [-0.3, -0.25) is 4.79 Å². The van der Waals surface area contributed by atoms with E-state index in [1.54, 1.807) is 18.3 Å². The molecule has 1 amide bonds. The minimum Gasteiger partial charge on any atom is -0.484 e. The van der Waals surface area contributed by atoms with Gasteiger partial charge in [-0.25, -0.2) is 5.43 Å². The van der Waals surface area contributed by atoms with Gasteiger partial charge in [0.2, 0.25) is 0 Å². The highest BCUT2D eigenvalue weighted by Gasteiger charge is 2.11. The number of aromatic nitrogens is 1. The Balaban J connectivity index is 1.65. The molecule has 0 unspecified atom stereocenters. The summed E-state index contributed by atoms with van der Waals surface area (Å²) in [5.74, 6) is 0.315. The SMILES string of the molecule is Cc1cc(/C=N\NC(=O)COc2ccccc2)c(C)n1-c1ccccc1Cl. The van der Waals surface area contributed by atoms with Gasteiger partial charge in [0.15, 0.2) is 6.61 Å². The van der Waals surface area contributed by atoms with Crippen molar-refractivity contribution >= 4 is 23.7 Å². The van der Waals surface area contributed by atoms with Crippen molar-refractivity contribution in [1.29, 1.82) is 0 Å². The van der Waals surface area contributed by atoms with Crippen LogP contribution in [0.3, 0.4) is 0 Å². The van der Waals surface area contributed by atoms with Gasteiger partial charge in [0.05, 0.1) is 16.9 Å². The molecule has 5 nitrogen and oxygen atoms in total. The number of para-hydroxylation sites is 2. The number of carbonyl (C=O) groups excluding carboxylic acids is 1. The Kier molecular flexibility index (Phi) is 5.94. The van der Waals surface area contributed by atoms with Gasteiger partial charge in [-0.05, 0) is 44.2 Å². The highest BCUT2D eigenvalue weighted by atomic mass is 35.5. The monoisotopic (exact) mass is 381 g/mol. The van der Waals surface area contributed by atoms with Gasteiger partial charge >= 0.3 is 0 Å². The van der Waals surface area contributed by atoms with Gasteiger partial charge in [-0.2, -0.15) is 5.10 Å². The van der Waals surface area contributed by atoms with Crippen molar-refractivity contribution in [2.75, 3.05) is 6.61 Å². The molecule has 0 aliphatic heterocycles. The third-order valence-corrected chi connectivity index (χ3v) is 4.39. The van der Waals surface area contributed by atoms with Crippen molar-refractivity contribution < 1.29 is 9.53 Å². The van der Waals surface area contributed by atoms with E-state index in [4.69, 9.17) is 16.3 Å². The average molecular weight is 382 g/mol. The van der Waals surface area contributed by atoms with Crippen LogP contribution >= 0.6 is 11.6 Å². The fraction of sp³-hybridized carbons (Fsp3) is 0.143. The van der Waals surface area contributed by atoms with Crippen molar-refractivity contribution in [2.24, 2.45) is 5.10 Å². The fourth-order valence-electron chi connectivity index (χ4n) is 2.79. The second-order valence-electron chi connectivity index (χ2n) is 6.01. The van der Waals surface area contributed by atoms with Crippen molar-refractivity contribution in [3.63, 3.8) is 0 Å². The molecule has 0 radical (unpaired) electrons. The maximum atomic E-state index is 11.9. The number of hydrogen-bond acceptors (Lipinski definition) is 3. The van der Waals surface area contributed by atoms with Gasteiger partial charge in [0.1, 0.15) is 5.75 Å². The molecule has 2 aromatic carbocycles. The van der Waals surface area contributed by atoms with E-state index >= 15 is 0 Å². The molecule has 0 aliphatic rings. The number of rotatable bonds is 6. The summed E-state index contributed by atoms with van der Waals surface area (Å²) < 4.78 is 7.44. The van der Waals surface area contributed by atoms with Gasteiger partial charge in [-0.1, -0.05) is 41.9 Å². The van der Waals surface area contributed by atoms with Crippen molar-refractivity contribution in [3.8, 4) is 11.4 Å². The lowest BCUT2D eigenvalue weighted by molar-refractivity contribution is -0.123. The molecule has 0 atom stereocenters. The molecule has 0 saturated heterocycles. The Morgan fingerprint density at radius 1 is 1.15 bits per heavy atom. The first-order chi connectivity index (χ1) is 13.1. The number of nitrogens with one attached hydrogen (secondary N) is 1. The zero-order valence-corrected chi connectivity index (χ0v) is 15.9. The fourth-order valence-corrected chi connectivity index (χ4v) is 3.01. The van der Waals surface area contributed by atoms with E-state index in [0.29, 0.717) is 10.8 Å². The number of ether oxygens (including phenoxy) is 1. The van der Waals surface area contributed by atoms with E-state index in [0.717, 1.165) is 22.6 Å². The van der Waals surface area contributed by atoms with Gasteiger partial charge in [0.25, 0.3) is 5.91 Å². The second kappa shape index (κ2) is 8.56. The first-order valence-corrected chi connectivity index (χ1v) is 8.87. The number of nitrogens with zero attached hydrogens (tertiary/aromatic N) is 2. The van der Waals surface area contributed by atoms with Crippen molar-refractivity contribution in [2.45, 2.75) is 13.8 Å². The van der Waals surface area contributed by atoms with E-state index in [-0.39, 0.29) is 12.5 Å². The zero-order chi connectivity index (χ0) is 19.2. The molecule has 0 fully saturated rings. The number of halogens is 1. The number of hydrazone groups is 1. The molecule has 3 rings (SSSR count). The molecule has 1 aromatic heterocycles. The summed E-state index contributed by atoms with van der Waals surface area (Å²) >= 11 is 6.32. The summed E-state index contributed by atoms with van der Waals surface area (Å²) in [5.41, 5.74) is 6.30. The molecule has 0 aliphatic carbocycles. The van der Waals surface area contributed by atoms with Crippen LogP contribution in [0.5, 0.6) is 5.75 Å². The van der Waals surface area contributed by atoms with E-state index in [1.165, 1.54) is 0 Å². The van der Waals surface area contributed by atoms with Gasteiger partial charge in [0, 0.05) is 17.0 Å². The molecule has 0 saturated carbocycles. The summed E-state index contributed by atoms with van der Waals surface area (Å²) in [6, 6.07) is 18.8. The van der Waals surface area contributed by atoms with Crippen LogP contribution < -0.4 is 10.2 Å². The minimum atomic E-state index is -0.324. The maximum Gasteiger partial charge on any atom is 0.277 e. The Bertz CT molecular complexity index is 965. The lowest BCUT2D eigenvalue weighted by atomic mass is 10.2. The van der Waals surface area contributed by atoms with E-state index < -0.39 is 0 Å². The quantitative estimate of drug-likeness (QED) is 0.512. The summed E-state index contributed by atoms with van der Waals surface area (Å²) in [5, 5.41) is 4.71. The number of benzene rings is 2. The van der Waals surface area contributed by atoms with Crippen molar-refractivity contribution in [3.05, 3.63) is 82.6 Å². The first kappa shape index (κ1) is 18.7. The molecule has 1 heterocycles. The van der Waals surface area contributed by atoms with Gasteiger partial charge < -0.3 is 9.30 Å². The lowest BCUT2D eigenvalue weighted by Crippen LogP contribution is -2.24. The van der Waals surface area contributed by atoms with Crippen LogP contribution in [0.1, 0.15) is 17.0 Å². The molecule has 138 valence electrons. The van der Waals surface area contributed by atoms with E-state index in [9.17, 15) is 4.79 Å². The summed E-state index contributed by atoms with van der Waals surface area (Å²) in [6.07, 6.45) is 1.62. The molecular formula is C21H20ClN3O2. The number of amides is 1. The molecule has 1 N–H and O–H groups in total. The highest BCUT2D eigenvalue weighted by Crippen LogP contribution is 2.25. The maximum absolute atomic E-state index is 11.9. The molecule has 27 heavy (non-hydrogen) atoms. The standard InChI is InChI=1S/C21H20ClN3O2/c1-15-12-17(16(2)25(15)20-11-7-6-10-19(20)22)13-23-24-21(26)14-27-18-8-4-3-5-9-18/h3-13H,14H2,1-2H3,(H,24,26)/b23-13-. The van der Waals surface area contributed by atoms with Crippen LogP contribution in [0, 0.1) is 13.8 Å². The van der Waals surface area contributed by atoms with Crippen LogP contribution in [-0.4, -0.2) is 23.3 Å². The Morgan fingerprint density at radius 3 is 2.59 bits per heavy atom. The Labute approximate surface area is 163 Å². The van der Waals surface area contributed by atoms with E-state index in [2.05, 4.69) is 15.1 Å². The Morgan fingerprint density at radius 2 is 1.85 bits per heavy atom. The smallest absolute Gasteiger partial charge is 0.277 e. The molecule has 3 aromatic rings. The average Bonchev–Trinajstić information content (AvgIpc) is 2.95. The molecule has 6 heteroatoms. The first-order valence-electron chi connectivity index (χ1n) is 8.50. The number of carbonyl (C=O) groups is 1. The van der Waals surface area contributed by atoms with Crippen molar-refractivity contribution in [1.82, 2.24) is 9.99 Å². The molecule has 0 bridgehead atoms. The van der Waals surface area contributed by atoms with Crippen LogP contribution in [-0.2, 0) is 4.79 Å². The Hall–Kier alpha value is -3.05. The van der Waals surface area contributed by atoms with Crippen LogP contribution in [0.25, 0.3) is 5.69 Å². The summed E-state index contributed by atoms with van der Waals surface area (Å²) in [6.45, 7) is 3.89. The molecule has 0 spiro atoms. The predicted molar refractivity (Wildman–Crippen MR) is 108 cm³/mol. The summed E-state index contributed by atoms with van der Waals surface area (Å²) in [4.78, 5) is 11.9. The van der Waals surface area contributed by atoms with Crippen LogP contribution in [0.15, 0.2) is 65.8 Å². The largest absolute Gasteiger partial charge is 0.484 e. The van der Waals surface area contributed by atoms with E-state index in [1.807, 2.05) is 62.4 Å². The van der Waals surface area contributed by atoms with Gasteiger partial charge in [-0.15, -0.1) is 0 Å². The highest BCUT2D eigenvalue weighted by molar-refractivity contribution is 6.32.